The van der Waals surface area contributed by atoms with E-state index in [1.165, 1.54) is 25.4 Å². The molecule has 0 bridgehead atoms. The Kier molecular flexibility index (Phi) is 7.15. The number of sulfonamides is 1. The molecule has 0 radical (unpaired) electrons. The maximum absolute atomic E-state index is 14.9. The van der Waals surface area contributed by atoms with Crippen molar-refractivity contribution < 1.29 is 27.0 Å². The first kappa shape index (κ1) is 24.9. The first-order valence-electron chi connectivity index (χ1n) is 11.4. The smallest absolute Gasteiger partial charge is 0.238 e. The third kappa shape index (κ3) is 5.48. The lowest BCUT2D eigenvalue weighted by atomic mass is 10.1. The van der Waals surface area contributed by atoms with E-state index in [1.807, 2.05) is 4.90 Å². The number of thioether (sulfide) groups is 1. The van der Waals surface area contributed by atoms with Gasteiger partial charge in [-0.05, 0) is 24.6 Å². The summed E-state index contributed by atoms with van der Waals surface area (Å²) in [5.41, 5.74) is 1.71. The molecule has 10 nitrogen and oxygen atoms in total. The molecule has 13 heteroatoms. The topological polar surface area (TPSA) is 116 Å². The van der Waals surface area contributed by atoms with E-state index in [0.717, 1.165) is 12.7 Å². The van der Waals surface area contributed by atoms with Gasteiger partial charge in [-0.3, -0.25) is 4.72 Å². The average molecular weight is 536 g/mol. The lowest BCUT2D eigenvalue weighted by Crippen LogP contribution is -2.37. The number of hydrogen-bond acceptors (Lipinski definition) is 10. The molecule has 1 aromatic carbocycles. The summed E-state index contributed by atoms with van der Waals surface area (Å²) in [6, 6.07) is 4.48. The highest BCUT2D eigenvalue weighted by Gasteiger charge is 2.24. The summed E-state index contributed by atoms with van der Waals surface area (Å²) < 4.78 is 57.4. The highest BCUT2D eigenvalue weighted by molar-refractivity contribution is 8.00. The Morgan fingerprint density at radius 3 is 2.67 bits per heavy atom. The minimum Gasteiger partial charge on any atom is -0.480 e. The number of rotatable bonds is 7. The van der Waals surface area contributed by atoms with Crippen molar-refractivity contribution in [3.63, 3.8) is 0 Å². The lowest BCUT2D eigenvalue weighted by Gasteiger charge is -2.27. The molecule has 192 valence electrons. The van der Waals surface area contributed by atoms with Crippen LogP contribution in [-0.4, -0.2) is 81.5 Å². The zero-order valence-corrected chi connectivity index (χ0v) is 21.5. The van der Waals surface area contributed by atoms with Crippen molar-refractivity contribution in [1.82, 2.24) is 15.0 Å². The molecule has 0 aliphatic carbocycles. The number of pyridine rings is 1. The molecule has 5 rings (SSSR count). The van der Waals surface area contributed by atoms with Crippen LogP contribution in [0.15, 0.2) is 29.3 Å². The second kappa shape index (κ2) is 10.3. The summed E-state index contributed by atoms with van der Waals surface area (Å²) in [5.74, 6) is 0.189. The van der Waals surface area contributed by atoms with Crippen molar-refractivity contribution in [1.29, 1.82) is 0 Å². The Morgan fingerprint density at radius 1 is 1.17 bits per heavy atom. The van der Waals surface area contributed by atoms with Crippen molar-refractivity contribution in [2.45, 2.75) is 16.6 Å². The molecule has 0 spiro atoms. The Labute approximate surface area is 212 Å². The number of nitrogens with zero attached hydrogens (tertiary/aromatic N) is 4. The summed E-state index contributed by atoms with van der Waals surface area (Å²) in [4.78, 5) is 16.7. The summed E-state index contributed by atoms with van der Waals surface area (Å²) in [6.45, 7) is 3.61. The van der Waals surface area contributed by atoms with Crippen LogP contribution >= 0.6 is 11.8 Å². The fraction of sp³-hybridized carbons (Fsp3) is 0.435. The van der Waals surface area contributed by atoms with Crippen LogP contribution in [0.1, 0.15) is 6.42 Å². The predicted octanol–water partition coefficient (Wildman–Crippen LogP) is 2.93. The van der Waals surface area contributed by atoms with Gasteiger partial charge in [0.1, 0.15) is 11.5 Å². The number of aromatic nitrogens is 3. The van der Waals surface area contributed by atoms with Gasteiger partial charge in [0, 0.05) is 47.0 Å². The van der Waals surface area contributed by atoms with E-state index >= 15 is 0 Å². The first-order valence-corrected chi connectivity index (χ1v) is 14.2. The molecule has 2 aliphatic heterocycles. The number of morpholine rings is 1. The number of fused-ring (bicyclic) bond motifs is 1. The number of benzene rings is 1. The van der Waals surface area contributed by atoms with Gasteiger partial charge in [-0.25, -0.2) is 27.8 Å². The van der Waals surface area contributed by atoms with Gasteiger partial charge in [0.2, 0.25) is 21.9 Å². The highest BCUT2D eigenvalue weighted by atomic mass is 32.2. The zero-order valence-electron chi connectivity index (χ0n) is 19.9. The molecule has 0 saturated carbocycles. The molecular weight excluding hydrogens is 509 g/mol. The van der Waals surface area contributed by atoms with Gasteiger partial charge in [0.25, 0.3) is 0 Å². The van der Waals surface area contributed by atoms with E-state index in [-0.39, 0.29) is 16.8 Å². The fourth-order valence-electron chi connectivity index (χ4n) is 4.17. The molecule has 2 aliphatic rings. The standard InChI is InChI=1S/C23H26FN5O5S2/c1-32-22-18(28-36(2,30)31)9-14(12-25-22)20-17-10-15(24)11-19(35-16-3-6-34-13-16)21(17)27-23(26-20)29-4-7-33-8-5-29/h9-12,16,28H,3-8,13H2,1-2H3/t16-/m1/s1. The number of methoxy groups -OCH3 is 1. The molecule has 3 aromatic rings. The Hall–Kier alpha value is -2.74. The van der Waals surface area contributed by atoms with Crippen molar-refractivity contribution >= 4 is 44.3 Å². The molecule has 0 unspecified atom stereocenters. The largest absolute Gasteiger partial charge is 0.480 e. The maximum atomic E-state index is 14.9. The van der Waals surface area contributed by atoms with Gasteiger partial charge in [0.15, 0.2) is 0 Å². The third-order valence-corrected chi connectivity index (χ3v) is 7.67. The van der Waals surface area contributed by atoms with Crippen LogP contribution in [0.25, 0.3) is 22.2 Å². The SMILES string of the molecule is COc1ncc(-c2nc(N3CCOCC3)nc3c(S[C@@H]4CCOC4)cc(F)cc23)cc1NS(C)(=O)=O. The number of ether oxygens (including phenoxy) is 3. The summed E-state index contributed by atoms with van der Waals surface area (Å²) in [7, 11) is -2.20. The minimum atomic E-state index is -3.60. The van der Waals surface area contributed by atoms with Gasteiger partial charge in [-0.2, -0.15) is 0 Å². The van der Waals surface area contributed by atoms with E-state index in [4.69, 9.17) is 24.2 Å². The van der Waals surface area contributed by atoms with Gasteiger partial charge in [-0.15, -0.1) is 11.8 Å². The number of hydrogen-bond donors (Lipinski definition) is 1. The second-order valence-corrected chi connectivity index (χ2v) is 11.6. The van der Waals surface area contributed by atoms with Crippen molar-refractivity contribution in [3.05, 3.63) is 30.2 Å². The summed E-state index contributed by atoms with van der Waals surface area (Å²) in [5, 5.41) is 0.708. The van der Waals surface area contributed by atoms with Crippen LogP contribution in [0, 0.1) is 5.82 Å². The van der Waals surface area contributed by atoms with Gasteiger partial charge >= 0.3 is 0 Å². The molecule has 36 heavy (non-hydrogen) atoms. The van der Waals surface area contributed by atoms with Crippen molar-refractivity contribution in [3.8, 4) is 17.1 Å². The zero-order chi connectivity index (χ0) is 25.3. The van der Waals surface area contributed by atoms with E-state index < -0.39 is 15.8 Å². The Morgan fingerprint density at radius 2 is 1.97 bits per heavy atom. The maximum Gasteiger partial charge on any atom is 0.238 e. The molecule has 1 N–H and O–H groups in total. The quantitative estimate of drug-likeness (QED) is 0.484. The molecular formula is C23H26FN5O5S2. The van der Waals surface area contributed by atoms with Crippen LogP contribution in [-0.2, 0) is 19.5 Å². The second-order valence-electron chi connectivity index (χ2n) is 8.53. The van der Waals surface area contributed by atoms with Crippen molar-refractivity contribution in [2.75, 3.05) is 62.5 Å². The molecule has 1 atom stereocenters. The number of anilines is 2. The van der Waals surface area contributed by atoms with Crippen LogP contribution in [0.2, 0.25) is 0 Å². The average Bonchev–Trinajstić information content (AvgIpc) is 3.36. The van der Waals surface area contributed by atoms with E-state index in [0.29, 0.717) is 72.5 Å². The van der Waals surface area contributed by atoms with Crippen LogP contribution < -0.4 is 14.4 Å². The minimum absolute atomic E-state index is 0.111. The van der Waals surface area contributed by atoms with Gasteiger partial charge < -0.3 is 19.1 Å². The van der Waals surface area contributed by atoms with Crippen LogP contribution in [0.3, 0.4) is 0 Å². The lowest BCUT2D eigenvalue weighted by molar-refractivity contribution is 0.122. The molecule has 4 heterocycles. The van der Waals surface area contributed by atoms with Crippen molar-refractivity contribution in [2.24, 2.45) is 0 Å². The molecule has 2 saturated heterocycles. The first-order chi connectivity index (χ1) is 17.3. The van der Waals surface area contributed by atoms with Gasteiger partial charge in [0.05, 0.1) is 44.4 Å². The van der Waals surface area contributed by atoms with E-state index in [2.05, 4.69) is 9.71 Å². The summed E-state index contributed by atoms with van der Waals surface area (Å²) in [6.07, 6.45) is 3.45. The molecule has 2 aromatic heterocycles. The Bertz CT molecular complexity index is 1380. The van der Waals surface area contributed by atoms with Crippen LogP contribution in [0.4, 0.5) is 16.0 Å². The van der Waals surface area contributed by atoms with Crippen LogP contribution in [0.5, 0.6) is 5.88 Å². The van der Waals surface area contributed by atoms with E-state index in [9.17, 15) is 12.8 Å². The normalized spacial score (nSPS) is 18.5. The monoisotopic (exact) mass is 535 g/mol. The highest BCUT2D eigenvalue weighted by Crippen LogP contribution is 2.39. The predicted molar refractivity (Wildman–Crippen MR) is 136 cm³/mol. The van der Waals surface area contributed by atoms with Gasteiger partial charge in [-0.1, -0.05) is 0 Å². The Balaban J connectivity index is 1.70. The molecule has 2 fully saturated rings. The number of nitrogens with one attached hydrogen (secondary N) is 1. The number of halogens is 1. The third-order valence-electron chi connectivity index (χ3n) is 5.81. The summed E-state index contributed by atoms with van der Waals surface area (Å²) >= 11 is 1.55. The molecule has 0 amide bonds. The fourth-order valence-corrected chi connectivity index (χ4v) is 5.90. The van der Waals surface area contributed by atoms with E-state index in [1.54, 1.807) is 17.8 Å².